The maximum absolute atomic E-state index is 12.1. The molecule has 6 nitrogen and oxygen atoms in total. The number of nitrogens with zero attached hydrogens (tertiary/aromatic N) is 3. The topological polar surface area (TPSA) is 64.5 Å². The monoisotopic (exact) mass is 387 g/mol. The van der Waals surface area contributed by atoms with Crippen LogP contribution >= 0.6 is 11.9 Å². The highest BCUT2D eigenvalue weighted by atomic mass is 32.2. The van der Waals surface area contributed by atoms with Crippen LogP contribution in [0.25, 0.3) is 0 Å². The molecule has 1 atom stereocenters. The Bertz CT molecular complexity index is 765. The second-order valence-electron chi connectivity index (χ2n) is 6.45. The SMILES string of the molecule is CCC(C(=O)OC)c1ccnc(N(Cc2ccc(OC)cc2)SC2CC2)n1. The third-order valence-corrected chi connectivity index (χ3v) is 5.74. The molecule has 0 saturated heterocycles. The molecule has 0 bridgehead atoms. The number of carbonyl (C=O) groups excluding carboxylic acids is 1. The molecule has 3 rings (SSSR count). The Labute approximate surface area is 164 Å². The summed E-state index contributed by atoms with van der Waals surface area (Å²) in [5, 5.41) is 0.609. The molecule has 1 aliphatic rings. The highest BCUT2D eigenvalue weighted by Gasteiger charge is 2.28. The van der Waals surface area contributed by atoms with Gasteiger partial charge in [-0.3, -0.25) is 9.10 Å². The van der Waals surface area contributed by atoms with Crippen LogP contribution in [-0.2, 0) is 16.1 Å². The number of hydrogen-bond donors (Lipinski definition) is 0. The van der Waals surface area contributed by atoms with Gasteiger partial charge in [0.1, 0.15) is 5.75 Å². The number of hydrogen-bond acceptors (Lipinski definition) is 7. The Kier molecular flexibility index (Phi) is 6.55. The van der Waals surface area contributed by atoms with Crippen molar-refractivity contribution in [1.82, 2.24) is 9.97 Å². The van der Waals surface area contributed by atoms with Crippen LogP contribution in [0.2, 0.25) is 0 Å². The van der Waals surface area contributed by atoms with Crippen molar-refractivity contribution in [3.63, 3.8) is 0 Å². The number of methoxy groups -OCH3 is 2. The molecule has 1 saturated carbocycles. The lowest BCUT2D eigenvalue weighted by Gasteiger charge is -2.22. The molecule has 0 aliphatic heterocycles. The number of rotatable bonds is 9. The van der Waals surface area contributed by atoms with Crippen LogP contribution in [0.15, 0.2) is 36.5 Å². The van der Waals surface area contributed by atoms with Gasteiger partial charge in [0, 0.05) is 11.4 Å². The van der Waals surface area contributed by atoms with Crippen molar-refractivity contribution in [2.24, 2.45) is 0 Å². The highest BCUT2D eigenvalue weighted by molar-refractivity contribution is 8.01. The van der Waals surface area contributed by atoms with Crippen molar-refractivity contribution < 1.29 is 14.3 Å². The lowest BCUT2D eigenvalue weighted by atomic mass is 10.0. The quantitative estimate of drug-likeness (QED) is 0.476. The van der Waals surface area contributed by atoms with Crippen molar-refractivity contribution in [1.29, 1.82) is 0 Å². The third kappa shape index (κ3) is 5.13. The van der Waals surface area contributed by atoms with Gasteiger partial charge >= 0.3 is 5.97 Å². The molecular formula is C20H25N3O3S. The summed E-state index contributed by atoms with van der Waals surface area (Å²) in [7, 11) is 3.07. The average Bonchev–Trinajstić information content (AvgIpc) is 3.53. The van der Waals surface area contributed by atoms with E-state index in [1.54, 1.807) is 31.3 Å². The molecule has 7 heteroatoms. The molecule has 1 unspecified atom stereocenters. The van der Waals surface area contributed by atoms with Crippen LogP contribution in [-0.4, -0.2) is 35.4 Å². The van der Waals surface area contributed by atoms with Crippen molar-refractivity contribution in [3.05, 3.63) is 47.8 Å². The van der Waals surface area contributed by atoms with E-state index in [9.17, 15) is 4.79 Å². The summed E-state index contributed by atoms with van der Waals surface area (Å²) in [5.41, 5.74) is 1.85. The minimum absolute atomic E-state index is 0.265. The standard InChI is InChI=1S/C20H25N3O3S/c1-4-17(19(24)26-3)18-11-12-21-20(22-18)23(27-16-9-10-16)13-14-5-7-15(25-2)8-6-14/h5-8,11-12,16-17H,4,9-10,13H2,1-3H3. The third-order valence-electron chi connectivity index (χ3n) is 4.42. The van der Waals surface area contributed by atoms with Crippen molar-refractivity contribution >= 4 is 23.9 Å². The van der Waals surface area contributed by atoms with Crippen LogP contribution in [0, 0.1) is 0 Å². The Morgan fingerprint density at radius 1 is 1.26 bits per heavy atom. The molecule has 0 N–H and O–H groups in total. The van der Waals surface area contributed by atoms with Crippen LogP contribution in [0.4, 0.5) is 5.95 Å². The predicted octanol–water partition coefficient (Wildman–Crippen LogP) is 3.97. The van der Waals surface area contributed by atoms with Gasteiger partial charge in [-0.1, -0.05) is 19.1 Å². The minimum Gasteiger partial charge on any atom is -0.497 e. The molecule has 1 fully saturated rings. The summed E-state index contributed by atoms with van der Waals surface area (Å²) < 4.78 is 12.3. The van der Waals surface area contributed by atoms with E-state index in [1.807, 2.05) is 31.2 Å². The van der Waals surface area contributed by atoms with Crippen LogP contribution in [0.5, 0.6) is 5.75 Å². The van der Waals surface area contributed by atoms with Gasteiger partial charge in [-0.05, 0) is 55.0 Å². The van der Waals surface area contributed by atoms with Gasteiger partial charge in [-0.2, -0.15) is 0 Å². The van der Waals surface area contributed by atoms with Crippen LogP contribution in [0.3, 0.4) is 0 Å². The van der Waals surface area contributed by atoms with Gasteiger partial charge in [-0.15, -0.1) is 0 Å². The normalized spacial score (nSPS) is 14.5. The Balaban J connectivity index is 1.83. The molecule has 1 aromatic carbocycles. The largest absolute Gasteiger partial charge is 0.497 e. The molecule has 0 radical (unpaired) electrons. The minimum atomic E-state index is -0.370. The first-order valence-electron chi connectivity index (χ1n) is 9.12. The first-order valence-corrected chi connectivity index (χ1v) is 9.96. The summed E-state index contributed by atoms with van der Waals surface area (Å²) in [6, 6.07) is 9.80. The van der Waals surface area contributed by atoms with Crippen molar-refractivity contribution in [2.45, 2.75) is 43.9 Å². The molecule has 1 heterocycles. The van der Waals surface area contributed by atoms with Gasteiger partial charge in [-0.25, -0.2) is 9.97 Å². The molecule has 2 aromatic rings. The molecular weight excluding hydrogens is 362 g/mol. The lowest BCUT2D eigenvalue weighted by molar-refractivity contribution is -0.142. The Morgan fingerprint density at radius 3 is 2.59 bits per heavy atom. The predicted molar refractivity (Wildman–Crippen MR) is 107 cm³/mol. The number of ether oxygens (including phenoxy) is 2. The maximum atomic E-state index is 12.1. The van der Waals surface area contributed by atoms with Crippen LogP contribution in [0.1, 0.15) is 43.4 Å². The maximum Gasteiger partial charge on any atom is 0.314 e. The van der Waals surface area contributed by atoms with E-state index < -0.39 is 0 Å². The van der Waals surface area contributed by atoms with Gasteiger partial charge in [0.25, 0.3) is 0 Å². The number of carbonyl (C=O) groups is 1. The summed E-state index contributed by atoms with van der Waals surface area (Å²) >= 11 is 1.77. The summed E-state index contributed by atoms with van der Waals surface area (Å²) in [6.45, 7) is 2.64. The van der Waals surface area contributed by atoms with E-state index in [0.717, 1.165) is 11.3 Å². The zero-order valence-electron chi connectivity index (χ0n) is 15.9. The smallest absolute Gasteiger partial charge is 0.314 e. The van der Waals surface area contributed by atoms with E-state index >= 15 is 0 Å². The fourth-order valence-electron chi connectivity index (χ4n) is 2.72. The number of esters is 1. The first kappa shape index (κ1) is 19.5. The summed E-state index contributed by atoms with van der Waals surface area (Å²) in [5.74, 6) is 0.828. The van der Waals surface area contributed by atoms with Gasteiger partial charge in [0.15, 0.2) is 0 Å². The highest BCUT2D eigenvalue weighted by Crippen LogP contribution is 2.39. The second-order valence-corrected chi connectivity index (χ2v) is 7.77. The van der Waals surface area contributed by atoms with E-state index in [1.165, 1.54) is 20.0 Å². The lowest BCUT2D eigenvalue weighted by Crippen LogP contribution is -2.20. The summed E-state index contributed by atoms with van der Waals surface area (Å²) in [4.78, 5) is 21.2. The first-order chi connectivity index (χ1) is 13.1. The van der Waals surface area contributed by atoms with Gasteiger partial charge < -0.3 is 9.47 Å². The average molecular weight is 388 g/mol. The van der Waals surface area contributed by atoms with E-state index in [-0.39, 0.29) is 11.9 Å². The van der Waals surface area contributed by atoms with E-state index in [0.29, 0.717) is 29.9 Å². The molecule has 0 amide bonds. The number of anilines is 1. The van der Waals surface area contributed by atoms with Gasteiger partial charge in [0.05, 0.1) is 32.4 Å². The van der Waals surface area contributed by atoms with Gasteiger partial charge in [0.2, 0.25) is 5.95 Å². The molecule has 1 aromatic heterocycles. The molecule has 0 spiro atoms. The van der Waals surface area contributed by atoms with Crippen LogP contribution < -0.4 is 9.04 Å². The van der Waals surface area contributed by atoms with E-state index in [2.05, 4.69) is 9.29 Å². The Hall–Kier alpha value is -2.28. The second kappa shape index (κ2) is 9.08. The van der Waals surface area contributed by atoms with E-state index in [4.69, 9.17) is 14.5 Å². The van der Waals surface area contributed by atoms with Crippen molar-refractivity contribution in [2.75, 3.05) is 18.5 Å². The molecule has 1 aliphatic carbocycles. The zero-order chi connectivity index (χ0) is 19.2. The molecule has 144 valence electrons. The Morgan fingerprint density at radius 2 is 2.00 bits per heavy atom. The fraction of sp³-hybridized carbons (Fsp3) is 0.450. The number of benzene rings is 1. The van der Waals surface area contributed by atoms with Crippen molar-refractivity contribution in [3.8, 4) is 5.75 Å². The molecule has 27 heavy (non-hydrogen) atoms. The fourth-order valence-corrected chi connectivity index (χ4v) is 3.83. The summed E-state index contributed by atoms with van der Waals surface area (Å²) in [6.07, 6.45) is 4.78. The zero-order valence-corrected chi connectivity index (χ0v) is 16.7. The number of aromatic nitrogens is 2.